The molecular weight excluding hydrogens is 454 g/mol. The highest BCUT2D eigenvalue weighted by Crippen LogP contribution is 2.39. The van der Waals surface area contributed by atoms with Gasteiger partial charge in [0.2, 0.25) is 5.95 Å². The standard InChI is InChI=1S/C25H28F2N6O2/c1-13-22(14(2)35-33-13)19-8-5-15-16(6-7-18(15)30-19)23-17(25(3,26)27)11-29-24(32-23)31-20-12-28-10-9-21(20)34-4/h5-6,8,11,20-21,28H,7,9-10,12H2,1-4H3,(H,29,31,32)/t20-,21-/m1/s1. The summed E-state index contributed by atoms with van der Waals surface area (Å²) in [6.45, 7) is 6.10. The van der Waals surface area contributed by atoms with Crippen molar-refractivity contribution < 1.29 is 18.0 Å². The number of alkyl halides is 2. The molecule has 0 saturated carbocycles. The quantitative estimate of drug-likeness (QED) is 0.544. The molecule has 2 aliphatic rings. The first kappa shape index (κ1) is 23.5. The van der Waals surface area contributed by atoms with Crippen molar-refractivity contribution in [2.24, 2.45) is 0 Å². The van der Waals surface area contributed by atoms with Crippen LogP contribution in [0.15, 0.2) is 28.9 Å². The number of ether oxygens (including phenoxy) is 1. The number of aromatic nitrogens is 4. The molecule has 10 heteroatoms. The average molecular weight is 483 g/mol. The molecule has 1 aliphatic carbocycles. The molecule has 1 saturated heterocycles. The lowest BCUT2D eigenvalue weighted by molar-refractivity contribution is 0.0165. The summed E-state index contributed by atoms with van der Waals surface area (Å²) < 4.78 is 40.1. The fourth-order valence-corrected chi connectivity index (χ4v) is 4.83. The molecule has 8 nitrogen and oxygen atoms in total. The number of methoxy groups -OCH3 is 1. The fraction of sp³-hybridized carbons (Fsp3) is 0.440. The molecule has 0 radical (unpaired) electrons. The Morgan fingerprint density at radius 2 is 2.06 bits per heavy atom. The van der Waals surface area contributed by atoms with Crippen LogP contribution in [0, 0.1) is 13.8 Å². The van der Waals surface area contributed by atoms with E-state index < -0.39 is 5.92 Å². The third-order valence-corrected chi connectivity index (χ3v) is 6.61. The summed E-state index contributed by atoms with van der Waals surface area (Å²) in [4.78, 5) is 13.6. The molecule has 5 rings (SSSR count). The number of pyridine rings is 1. The van der Waals surface area contributed by atoms with E-state index in [1.807, 2.05) is 32.1 Å². The maximum atomic E-state index is 14.6. The number of allylic oxidation sites excluding steroid dienone is 1. The highest BCUT2D eigenvalue weighted by atomic mass is 19.3. The topological polar surface area (TPSA) is 98.0 Å². The Morgan fingerprint density at radius 1 is 1.23 bits per heavy atom. The van der Waals surface area contributed by atoms with Crippen molar-refractivity contribution >= 4 is 11.5 Å². The van der Waals surface area contributed by atoms with Gasteiger partial charge in [-0.15, -0.1) is 0 Å². The van der Waals surface area contributed by atoms with E-state index in [1.165, 1.54) is 6.20 Å². The predicted octanol–water partition coefficient (Wildman–Crippen LogP) is 4.03. The lowest BCUT2D eigenvalue weighted by Gasteiger charge is -2.31. The first-order chi connectivity index (χ1) is 16.8. The van der Waals surface area contributed by atoms with E-state index in [9.17, 15) is 8.78 Å². The lowest BCUT2D eigenvalue weighted by Crippen LogP contribution is -2.49. The zero-order valence-electron chi connectivity index (χ0n) is 20.2. The molecule has 3 aromatic heterocycles. The van der Waals surface area contributed by atoms with Crippen molar-refractivity contribution in [1.82, 2.24) is 25.4 Å². The molecule has 0 amide bonds. The Bertz CT molecular complexity index is 1260. The number of hydrogen-bond donors (Lipinski definition) is 2. The highest BCUT2D eigenvalue weighted by Gasteiger charge is 2.34. The van der Waals surface area contributed by atoms with E-state index in [1.54, 1.807) is 7.11 Å². The van der Waals surface area contributed by atoms with Gasteiger partial charge in [0.05, 0.1) is 46.0 Å². The van der Waals surface area contributed by atoms with E-state index in [-0.39, 0.29) is 23.4 Å². The summed E-state index contributed by atoms with van der Waals surface area (Å²) in [5.74, 6) is -2.13. The molecule has 2 atom stereocenters. The Morgan fingerprint density at radius 3 is 2.77 bits per heavy atom. The number of nitrogens with zero attached hydrogens (tertiary/aromatic N) is 4. The van der Waals surface area contributed by atoms with Gasteiger partial charge in [0.15, 0.2) is 0 Å². The van der Waals surface area contributed by atoms with Gasteiger partial charge in [-0.25, -0.2) is 18.7 Å². The van der Waals surface area contributed by atoms with E-state index >= 15 is 0 Å². The van der Waals surface area contributed by atoms with Crippen LogP contribution in [0.2, 0.25) is 0 Å². The monoisotopic (exact) mass is 482 g/mol. The van der Waals surface area contributed by atoms with Gasteiger partial charge >= 0.3 is 0 Å². The summed E-state index contributed by atoms with van der Waals surface area (Å²) >= 11 is 0. The van der Waals surface area contributed by atoms with Gasteiger partial charge in [0.25, 0.3) is 5.92 Å². The van der Waals surface area contributed by atoms with Crippen LogP contribution in [-0.2, 0) is 17.1 Å². The first-order valence-corrected chi connectivity index (χ1v) is 11.7. The van der Waals surface area contributed by atoms with Crippen molar-refractivity contribution in [2.75, 3.05) is 25.5 Å². The van der Waals surface area contributed by atoms with Crippen molar-refractivity contribution in [3.63, 3.8) is 0 Å². The molecule has 35 heavy (non-hydrogen) atoms. The lowest BCUT2D eigenvalue weighted by atomic mass is 9.99. The Hall–Kier alpha value is -3.24. The summed E-state index contributed by atoms with van der Waals surface area (Å²) in [6.07, 6.45) is 4.45. The summed E-state index contributed by atoms with van der Waals surface area (Å²) in [5.41, 5.74) is 4.55. The first-order valence-electron chi connectivity index (χ1n) is 11.7. The van der Waals surface area contributed by atoms with Crippen molar-refractivity contribution in [3.05, 3.63) is 58.4 Å². The Kier molecular flexibility index (Phi) is 6.10. The minimum atomic E-state index is -3.11. The second-order valence-corrected chi connectivity index (χ2v) is 9.07. The number of rotatable bonds is 6. The van der Waals surface area contributed by atoms with Crippen molar-refractivity contribution in [3.8, 4) is 11.3 Å². The molecular formula is C25H28F2N6O2. The molecule has 184 valence electrons. The molecule has 0 unspecified atom stereocenters. The van der Waals surface area contributed by atoms with Crippen LogP contribution in [0.3, 0.4) is 0 Å². The van der Waals surface area contributed by atoms with Gasteiger partial charge in [0, 0.05) is 44.3 Å². The van der Waals surface area contributed by atoms with Crippen LogP contribution < -0.4 is 10.6 Å². The Balaban J connectivity index is 1.51. The molecule has 1 aliphatic heterocycles. The van der Waals surface area contributed by atoms with Crippen LogP contribution in [0.5, 0.6) is 0 Å². The number of nitrogens with one attached hydrogen (secondary N) is 2. The normalized spacial score (nSPS) is 20.0. The predicted molar refractivity (Wildman–Crippen MR) is 127 cm³/mol. The van der Waals surface area contributed by atoms with Crippen molar-refractivity contribution in [2.45, 2.75) is 51.7 Å². The van der Waals surface area contributed by atoms with Gasteiger partial charge < -0.3 is 19.9 Å². The zero-order chi connectivity index (χ0) is 24.7. The molecule has 4 heterocycles. The smallest absolute Gasteiger partial charge is 0.274 e. The van der Waals surface area contributed by atoms with Crippen LogP contribution in [-0.4, -0.2) is 52.5 Å². The van der Waals surface area contributed by atoms with Crippen LogP contribution in [0.4, 0.5) is 14.7 Å². The highest BCUT2D eigenvalue weighted by molar-refractivity contribution is 5.85. The number of anilines is 1. The largest absolute Gasteiger partial charge is 0.379 e. The van der Waals surface area contributed by atoms with Gasteiger partial charge in [-0.2, -0.15) is 0 Å². The summed E-state index contributed by atoms with van der Waals surface area (Å²) in [5, 5.41) is 10.6. The molecule has 2 N–H and O–H groups in total. The average Bonchev–Trinajstić information content (AvgIpc) is 3.40. The van der Waals surface area contributed by atoms with E-state index in [0.29, 0.717) is 30.2 Å². The molecule has 1 fully saturated rings. The second kappa shape index (κ2) is 9.09. The maximum absolute atomic E-state index is 14.6. The van der Waals surface area contributed by atoms with Gasteiger partial charge in [-0.1, -0.05) is 17.3 Å². The minimum Gasteiger partial charge on any atom is -0.379 e. The van der Waals surface area contributed by atoms with Gasteiger partial charge in [0.1, 0.15) is 5.76 Å². The van der Waals surface area contributed by atoms with Crippen LogP contribution in [0.25, 0.3) is 16.8 Å². The van der Waals surface area contributed by atoms with Gasteiger partial charge in [-0.3, -0.25) is 4.98 Å². The molecule has 0 aromatic carbocycles. The number of piperidine rings is 1. The third-order valence-electron chi connectivity index (χ3n) is 6.61. The van der Waals surface area contributed by atoms with E-state index in [0.717, 1.165) is 48.1 Å². The van der Waals surface area contributed by atoms with E-state index in [4.69, 9.17) is 14.2 Å². The molecule has 0 spiro atoms. The second-order valence-electron chi connectivity index (χ2n) is 9.07. The van der Waals surface area contributed by atoms with Crippen LogP contribution >= 0.6 is 0 Å². The number of halogens is 2. The van der Waals surface area contributed by atoms with Crippen molar-refractivity contribution in [1.29, 1.82) is 0 Å². The SMILES string of the molecule is CO[C@@H]1CCNC[C@H]1Nc1ncc(C(C)(F)F)c(C2=CCc3nc(-c4c(C)noc4C)ccc32)n1. The number of hydrogen-bond acceptors (Lipinski definition) is 8. The third kappa shape index (κ3) is 4.43. The molecule has 0 bridgehead atoms. The minimum absolute atomic E-state index is 0.0195. The summed E-state index contributed by atoms with van der Waals surface area (Å²) in [7, 11) is 1.67. The number of fused-ring (bicyclic) bond motifs is 1. The van der Waals surface area contributed by atoms with Gasteiger partial charge in [-0.05, 0) is 32.9 Å². The van der Waals surface area contributed by atoms with Crippen LogP contribution in [0.1, 0.15) is 47.3 Å². The fourth-order valence-electron chi connectivity index (χ4n) is 4.83. The van der Waals surface area contributed by atoms with E-state index in [2.05, 4.69) is 25.8 Å². The summed E-state index contributed by atoms with van der Waals surface area (Å²) in [6, 6.07) is 3.70. The Labute approximate surface area is 202 Å². The molecule has 3 aromatic rings. The zero-order valence-corrected chi connectivity index (χ0v) is 20.2. The maximum Gasteiger partial charge on any atom is 0.274 e. The number of aryl methyl sites for hydroxylation is 2.